The quantitative estimate of drug-likeness (QED) is 0.214. The lowest BCUT2D eigenvalue weighted by Crippen LogP contribution is -2.49. The third kappa shape index (κ3) is 9.29. The standard InChI is InChI=1S/C25H24Cl2N6O5S.C2HF3O2/c1-2-21(34)29-15-6-3-8-17(12-15)39(37,38)33-11-5-7-16(14-33)30-25(36)23-20(13-28-32-23)31-24(35)22-18(26)9-4-10-19(22)27;3-2(4,5)1(6)7/h2-4,6,8-10,12-13,16H,1,5,7,11,14H2,(H,28,32)(H,29,34)(H,30,36)(H,31,35);(H,6,7)/t16-;/m1./s1. The summed E-state index contributed by atoms with van der Waals surface area (Å²) in [6, 6.07) is 10.0. The van der Waals surface area contributed by atoms with E-state index in [9.17, 15) is 36.0 Å². The van der Waals surface area contributed by atoms with E-state index < -0.39 is 45.9 Å². The Hall–Kier alpha value is -4.45. The molecule has 0 spiro atoms. The predicted octanol–water partition coefficient (Wildman–Crippen LogP) is 4.31. The number of nitrogens with one attached hydrogen (secondary N) is 4. The zero-order valence-electron chi connectivity index (χ0n) is 23.4. The van der Waals surface area contributed by atoms with Gasteiger partial charge in [-0.3, -0.25) is 19.5 Å². The fraction of sp³-hybridized carbons (Fsp3) is 0.222. The number of anilines is 2. The number of carbonyl (C=O) groups is 4. The molecule has 19 heteroatoms. The van der Waals surface area contributed by atoms with Crippen molar-refractivity contribution in [1.82, 2.24) is 19.8 Å². The first kappa shape index (κ1) is 36.0. The number of benzene rings is 2. The van der Waals surface area contributed by atoms with E-state index in [4.69, 9.17) is 33.1 Å². The number of halogens is 5. The fourth-order valence-electron chi connectivity index (χ4n) is 4.07. The molecule has 3 amide bonds. The minimum atomic E-state index is -5.08. The first-order chi connectivity index (χ1) is 21.5. The van der Waals surface area contributed by atoms with Gasteiger partial charge in [0.25, 0.3) is 11.8 Å². The molecule has 3 aromatic rings. The zero-order chi connectivity index (χ0) is 34.2. The lowest BCUT2D eigenvalue weighted by atomic mass is 10.1. The second kappa shape index (κ2) is 15.2. The van der Waals surface area contributed by atoms with Crippen LogP contribution < -0.4 is 16.0 Å². The van der Waals surface area contributed by atoms with E-state index in [1.54, 1.807) is 12.1 Å². The molecule has 0 unspecified atom stereocenters. The summed E-state index contributed by atoms with van der Waals surface area (Å²) in [6.45, 7) is 3.68. The molecule has 0 aliphatic carbocycles. The van der Waals surface area contributed by atoms with Crippen LogP contribution in [0.3, 0.4) is 0 Å². The van der Waals surface area contributed by atoms with Crippen molar-refractivity contribution in [2.24, 2.45) is 0 Å². The molecule has 1 aliphatic rings. The molecule has 4 rings (SSSR count). The van der Waals surface area contributed by atoms with Gasteiger partial charge in [0.05, 0.1) is 32.4 Å². The Morgan fingerprint density at radius 3 is 2.30 bits per heavy atom. The number of hydrogen-bond acceptors (Lipinski definition) is 7. The summed E-state index contributed by atoms with van der Waals surface area (Å²) in [5.74, 6) is -4.42. The number of carboxylic acids is 1. The molecule has 2 heterocycles. The topological polar surface area (TPSA) is 191 Å². The largest absolute Gasteiger partial charge is 0.490 e. The number of aliphatic carboxylic acids is 1. The van der Waals surface area contributed by atoms with Crippen LogP contribution >= 0.6 is 23.2 Å². The van der Waals surface area contributed by atoms with Crippen molar-refractivity contribution in [1.29, 1.82) is 0 Å². The van der Waals surface area contributed by atoms with Crippen molar-refractivity contribution in [3.63, 3.8) is 0 Å². The molecule has 1 atom stereocenters. The third-order valence-electron chi connectivity index (χ3n) is 6.19. The van der Waals surface area contributed by atoms with E-state index in [1.807, 2.05) is 0 Å². The Bertz CT molecular complexity index is 1730. The molecular weight excluding hydrogens is 680 g/mol. The van der Waals surface area contributed by atoms with Crippen LogP contribution in [-0.2, 0) is 19.6 Å². The van der Waals surface area contributed by atoms with Crippen LogP contribution in [0, 0.1) is 0 Å². The van der Waals surface area contributed by atoms with E-state index in [1.165, 1.54) is 40.8 Å². The molecule has 46 heavy (non-hydrogen) atoms. The van der Waals surface area contributed by atoms with Crippen LogP contribution in [-0.4, -0.2) is 77.0 Å². The molecular formula is C27H25Cl2F3N6O7S. The van der Waals surface area contributed by atoms with Crippen molar-refractivity contribution in [3.05, 3.63) is 82.6 Å². The van der Waals surface area contributed by atoms with Crippen LogP contribution in [0.5, 0.6) is 0 Å². The summed E-state index contributed by atoms with van der Waals surface area (Å²) in [6.07, 6.45) is -1.68. The molecule has 0 bridgehead atoms. The number of aromatic nitrogens is 2. The van der Waals surface area contributed by atoms with Gasteiger partial charge in [0, 0.05) is 24.8 Å². The Kier molecular flexibility index (Phi) is 11.9. The Morgan fingerprint density at radius 1 is 1.07 bits per heavy atom. The zero-order valence-corrected chi connectivity index (χ0v) is 25.7. The first-order valence-corrected chi connectivity index (χ1v) is 15.2. The number of carbonyl (C=O) groups excluding carboxylic acids is 3. The SMILES string of the molecule is C=CC(=O)Nc1cccc(S(=O)(=O)N2CCC[C@@H](NC(=O)c3[nH]ncc3NC(=O)c3c(Cl)cccc3Cl)C2)c1.O=C(O)C(F)(F)F. The number of hydrogen-bond donors (Lipinski definition) is 5. The normalized spacial score (nSPS) is 15.1. The van der Waals surface area contributed by atoms with Crippen LogP contribution in [0.15, 0.2) is 66.2 Å². The van der Waals surface area contributed by atoms with E-state index in [2.05, 4.69) is 32.7 Å². The maximum absolute atomic E-state index is 13.3. The van der Waals surface area contributed by atoms with Crippen molar-refractivity contribution in [3.8, 4) is 0 Å². The van der Waals surface area contributed by atoms with E-state index in [0.717, 1.165) is 6.08 Å². The van der Waals surface area contributed by atoms with E-state index in [0.29, 0.717) is 18.5 Å². The summed E-state index contributed by atoms with van der Waals surface area (Å²) >= 11 is 12.2. The summed E-state index contributed by atoms with van der Waals surface area (Å²) in [7, 11) is -3.91. The summed E-state index contributed by atoms with van der Waals surface area (Å²) < 4.78 is 59.6. The van der Waals surface area contributed by atoms with Gasteiger partial charge in [-0.1, -0.05) is 41.9 Å². The molecule has 0 saturated carbocycles. The molecule has 1 fully saturated rings. The van der Waals surface area contributed by atoms with Gasteiger partial charge in [0.1, 0.15) is 5.69 Å². The summed E-state index contributed by atoms with van der Waals surface area (Å²) in [5, 5.41) is 21.8. The Balaban J connectivity index is 0.000000738. The smallest absolute Gasteiger partial charge is 0.475 e. The number of sulfonamides is 1. The minimum absolute atomic E-state index is 0.00754. The van der Waals surface area contributed by atoms with Gasteiger partial charge in [0.15, 0.2) is 0 Å². The summed E-state index contributed by atoms with van der Waals surface area (Å²) in [4.78, 5) is 46.3. The maximum atomic E-state index is 13.3. The van der Waals surface area contributed by atoms with Crippen LogP contribution in [0.25, 0.3) is 0 Å². The van der Waals surface area contributed by atoms with E-state index in [-0.39, 0.29) is 45.0 Å². The monoisotopic (exact) mass is 704 g/mol. The highest BCUT2D eigenvalue weighted by atomic mass is 35.5. The highest BCUT2D eigenvalue weighted by Crippen LogP contribution is 2.27. The number of rotatable bonds is 8. The van der Waals surface area contributed by atoms with Gasteiger partial charge in [0.2, 0.25) is 15.9 Å². The molecule has 5 N–H and O–H groups in total. The first-order valence-electron chi connectivity index (χ1n) is 13.0. The number of H-pyrrole nitrogens is 1. The van der Waals surface area contributed by atoms with Gasteiger partial charge in [-0.05, 0) is 49.2 Å². The fourth-order valence-corrected chi connectivity index (χ4v) is 6.21. The number of carboxylic acid groups (broad SMARTS) is 1. The molecule has 13 nitrogen and oxygen atoms in total. The molecule has 1 saturated heterocycles. The van der Waals surface area contributed by atoms with Crippen LogP contribution in [0.4, 0.5) is 24.5 Å². The molecule has 246 valence electrons. The Morgan fingerprint density at radius 2 is 1.70 bits per heavy atom. The lowest BCUT2D eigenvalue weighted by Gasteiger charge is -2.32. The van der Waals surface area contributed by atoms with Crippen molar-refractivity contribution < 1.29 is 45.9 Å². The van der Waals surface area contributed by atoms with Gasteiger partial charge >= 0.3 is 12.1 Å². The Labute approximate surface area is 269 Å². The minimum Gasteiger partial charge on any atom is -0.475 e. The van der Waals surface area contributed by atoms with Crippen molar-refractivity contribution >= 4 is 68.3 Å². The van der Waals surface area contributed by atoms with Gasteiger partial charge in [-0.2, -0.15) is 22.6 Å². The number of nitrogens with zero attached hydrogens (tertiary/aromatic N) is 2. The average Bonchev–Trinajstić information content (AvgIpc) is 3.45. The summed E-state index contributed by atoms with van der Waals surface area (Å²) in [5.41, 5.74) is 0.453. The molecule has 2 aromatic carbocycles. The maximum Gasteiger partial charge on any atom is 0.490 e. The highest BCUT2D eigenvalue weighted by Gasteiger charge is 2.38. The second-order valence-electron chi connectivity index (χ2n) is 9.41. The number of alkyl halides is 3. The number of amides is 3. The van der Waals surface area contributed by atoms with Gasteiger partial charge < -0.3 is 21.1 Å². The predicted molar refractivity (Wildman–Crippen MR) is 161 cm³/mol. The van der Waals surface area contributed by atoms with Crippen LogP contribution in [0.2, 0.25) is 10.0 Å². The number of aromatic amines is 1. The second-order valence-corrected chi connectivity index (χ2v) is 12.2. The molecule has 0 radical (unpaired) electrons. The lowest BCUT2D eigenvalue weighted by molar-refractivity contribution is -0.192. The van der Waals surface area contributed by atoms with Crippen molar-refractivity contribution in [2.45, 2.75) is 30.0 Å². The van der Waals surface area contributed by atoms with Gasteiger partial charge in [-0.15, -0.1) is 0 Å². The highest BCUT2D eigenvalue weighted by molar-refractivity contribution is 7.89. The van der Waals surface area contributed by atoms with E-state index >= 15 is 0 Å². The van der Waals surface area contributed by atoms with Gasteiger partial charge in [-0.25, -0.2) is 13.2 Å². The molecule has 1 aliphatic heterocycles. The third-order valence-corrected chi connectivity index (χ3v) is 8.68. The number of piperidine rings is 1. The molecule has 1 aromatic heterocycles. The van der Waals surface area contributed by atoms with Crippen molar-refractivity contribution in [2.75, 3.05) is 23.7 Å². The average molecular weight is 705 g/mol. The van der Waals surface area contributed by atoms with Crippen LogP contribution in [0.1, 0.15) is 33.7 Å².